The van der Waals surface area contributed by atoms with Gasteiger partial charge >= 0.3 is 0 Å². The number of nitrogens with two attached hydrogens (primary N) is 1. The summed E-state index contributed by atoms with van der Waals surface area (Å²) in [5, 5.41) is 2.82. The zero-order chi connectivity index (χ0) is 14.6. The molecule has 0 aliphatic heterocycles. The lowest BCUT2D eigenvalue weighted by atomic mass is 10.0. The lowest BCUT2D eigenvalue weighted by molar-refractivity contribution is -0.118. The van der Waals surface area contributed by atoms with Crippen LogP contribution in [0.3, 0.4) is 0 Å². The van der Waals surface area contributed by atoms with Crippen molar-refractivity contribution in [1.82, 2.24) is 0 Å². The van der Waals surface area contributed by atoms with Crippen LogP contribution in [-0.2, 0) is 4.79 Å². The van der Waals surface area contributed by atoms with Crippen LogP contribution < -0.4 is 20.5 Å². The summed E-state index contributed by atoms with van der Waals surface area (Å²) < 4.78 is 10.4. The number of amides is 1. The predicted molar refractivity (Wildman–Crippen MR) is 83.0 cm³/mol. The highest BCUT2D eigenvalue weighted by atomic mass is 35.5. The van der Waals surface area contributed by atoms with Crippen LogP contribution >= 0.6 is 12.4 Å². The van der Waals surface area contributed by atoms with Gasteiger partial charge in [-0.3, -0.25) is 4.79 Å². The molecule has 0 aromatic heterocycles. The first-order chi connectivity index (χ1) is 8.90. The Morgan fingerprint density at radius 1 is 1.20 bits per heavy atom. The van der Waals surface area contributed by atoms with Crippen LogP contribution in [0.2, 0.25) is 0 Å². The van der Waals surface area contributed by atoms with Gasteiger partial charge in [0.15, 0.2) is 11.5 Å². The van der Waals surface area contributed by atoms with Crippen molar-refractivity contribution < 1.29 is 14.3 Å². The zero-order valence-electron chi connectivity index (χ0n) is 12.5. The fraction of sp³-hybridized carbons (Fsp3) is 0.500. The van der Waals surface area contributed by atoms with E-state index in [0.29, 0.717) is 17.2 Å². The van der Waals surface area contributed by atoms with Crippen LogP contribution in [-0.4, -0.2) is 26.2 Å². The molecule has 1 rings (SSSR count). The number of hydrogen-bond acceptors (Lipinski definition) is 4. The van der Waals surface area contributed by atoms with Crippen LogP contribution in [0.25, 0.3) is 0 Å². The molecule has 0 bridgehead atoms. The van der Waals surface area contributed by atoms with Crippen LogP contribution in [0.1, 0.15) is 19.4 Å². The number of hydrogen-bond donors (Lipinski definition) is 2. The highest BCUT2D eigenvalue weighted by Crippen LogP contribution is 2.32. The van der Waals surface area contributed by atoms with Gasteiger partial charge in [-0.1, -0.05) is 13.8 Å². The minimum Gasteiger partial charge on any atom is -0.493 e. The number of rotatable bonds is 5. The van der Waals surface area contributed by atoms with E-state index in [4.69, 9.17) is 15.2 Å². The molecule has 1 aromatic carbocycles. The highest BCUT2D eigenvalue weighted by molar-refractivity contribution is 5.95. The van der Waals surface area contributed by atoms with Gasteiger partial charge in [0.25, 0.3) is 0 Å². The predicted octanol–water partition coefficient (Wildman–Crippen LogP) is 2.36. The van der Waals surface area contributed by atoms with Gasteiger partial charge in [0.1, 0.15) is 0 Å². The van der Waals surface area contributed by atoms with Crippen molar-refractivity contribution in [3.05, 3.63) is 17.7 Å². The van der Waals surface area contributed by atoms with Crippen molar-refractivity contribution in [3.8, 4) is 11.5 Å². The van der Waals surface area contributed by atoms with Gasteiger partial charge < -0.3 is 20.5 Å². The summed E-state index contributed by atoms with van der Waals surface area (Å²) in [6.45, 7) is 5.70. The normalized spacial score (nSPS) is 11.6. The van der Waals surface area contributed by atoms with Crippen LogP contribution in [0, 0.1) is 12.8 Å². The quantitative estimate of drug-likeness (QED) is 0.875. The SMILES string of the molecule is COc1cc(C)c(NC(=O)[C@@H](N)C(C)C)cc1OC.Cl. The molecular formula is C14H23ClN2O3. The van der Waals surface area contributed by atoms with E-state index in [0.717, 1.165) is 5.56 Å². The molecule has 0 saturated carbocycles. The Kier molecular flexibility index (Phi) is 7.39. The summed E-state index contributed by atoms with van der Waals surface area (Å²) in [6.07, 6.45) is 0. The molecule has 3 N–H and O–H groups in total. The molecule has 0 spiro atoms. The number of carbonyl (C=O) groups is 1. The summed E-state index contributed by atoms with van der Waals surface area (Å²) in [5.41, 5.74) is 7.39. The molecule has 1 atom stereocenters. The summed E-state index contributed by atoms with van der Waals surface area (Å²) >= 11 is 0. The first-order valence-corrected chi connectivity index (χ1v) is 6.19. The van der Waals surface area contributed by atoms with Crippen molar-refractivity contribution in [2.24, 2.45) is 11.7 Å². The number of aryl methyl sites for hydroxylation is 1. The minimum atomic E-state index is -0.535. The van der Waals surface area contributed by atoms with E-state index in [1.54, 1.807) is 20.3 Å². The van der Waals surface area contributed by atoms with Crippen molar-refractivity contribution >= 4 is 24.0 Å². The van der Waals surface area contributed by atoms with E-state index in [1.165, 1.54) is 0 Å². The van der Waals surface area contributed by atoms with E-state index in [-0.39, 0.29) is 24.2 Å². The maximum absolute atomic E-state index is 12.0. The molecule has 0 aliphatic carbocycles. The smallest absolute Gasteiger partial charge is 0.241 e. The Bertz CT molecular complexity index is 464. The van der Waals surface area contributed by atoms with E-state index < -0.39 is 6.04 Å². The molecule has 1 aromatic rings. The molecule has 0 heterocycles. The van der Waals surface area contributed by atoms with Crippen molar-refractivity contribution in [3.63, 3.8) is 0 Å². The van der Waals surface area contributed by atoms with Crippen molar-refractivity contribution in [2.75, 3.05) is 19.5 Å². The largest absolute Gasteiger partial charge is 0.493 e. The zero-order valence-corrected chi connectivity index (χ0v) is 13.3. The molecule has 1 amide bonds. The Labute approximate surface area is 126 Å². The number of ether oxygens (including phenoxy) is 2. The minimum absolute atomic E-state index is 0. The lowest BCUT2D eigenvalue weighted by Crippen LogP contribution is -2.39. The number of anilines is 1. The molecule has 114 valence electrons. The molecule has 6 heteroatoms. The van der Waals surface area contributed by atoms with Crippen LogP contribution in [0.15, 0.2) is 12.1 Å². The molecule has 20 heavy (non-hydrogen) atoms. The molecular weight excluding hydrogens is 280 g/mol. The standard InChI is InChI=1S/C14H22N2O3.ClH/c1-8(2)13(15)14(17)16-10-7-12(19-5)11(18-4)6-9(10)3;/h6-8,13H,15H2,1-5H3,(H,16,17);1H/t13-;/m0./s1. The maximum Gasteiger partial charge on any atom is 0.241 e. The van der Waals surface area contributed by atoms with Crippen LogP contribution in [0.4, 0.5) is 5.69 Å². The van der Waals surface area contributed by atoms with E-state index in [2.05, 4.69) is 5.32 Å². The number of halogens is 1. The number of methoxy groups -OCH3 is 2. The molecule has 0 radical (unpaired) electrons. The van der Waals surface area contributed by atoms with Crippen LogP contribution in [0.5, 0.6) is 11.5 Å². The summed E-state index contributed by atoms with van der Waals surface area (Å²) in [5.74, 6) is 1.08. The van der Waals surface area contributed by atoms with Gasteiger partial charge in [0, 0.05) is 11.8 Å². The first kappa shape index (κ1) is 18.5. The Morgan fingerprint density at radius 2 is 1.70 bits per heavy atom. The Morgan fingerprint density at radius 3 is 2.15 bits per heavy atom. The molecule has 0 fully saturated rings. The number of benzene rings is 1. The second-order valence-electron chi connectivity index (χ2n) is 4.78. The molecule has 0 unspecified atom stereocenters. The highest BCUT2D eigenvalue weighted by Gasteiger charge is 2.18. The summed E-state index contributed by atoms with van der Waals surface area (Å²) in [6, 6.07) is 3.02. The van der Waals surface area contributed by atoms with Gasteiger partial charge in [-0.2, -0.15) is 0 Å². The average molecular weight is 303 g/mol. The fourth-order valence-electron chi connectivity index (χ4n) is 1.63. The monoisotopic (exact) mass is 302 g/mol. The second kappa shape index (κ2) is 7.97. The first-order valence-electron chi connectivity index (χ1n) is 6.19. The third-order valence-electron chi connectivity index (χ3n) is 3.01. The maximum atomic E-state index is 12.0. The molecule has 5 nitrogen and oxygen atoms in total. The fourth-order valence-corrected chi connectivity index (χ4v) is 1.63. The number of nitrogens with one attached hydrogen (secondary N) is 1. The summed E-state index contributed by atoms with van der Waals surface area (Å²) in [4.78, 5) is 12.0. The average Bonchev–Trinajstić information content (AvgIpc) is 2.39. The van der Waals surface area contributed by atoms with E-state index in [1.807, 2.05) is 26.8 Å². The topological polar surface area (TPSA) is 73.6 Å². The van der Waals surface area contributed by atoms with Gasteiger partial charge in [0.05, 0.1) is 20.3 Å². The lowest BCUT2D eigenvalue weighted by Gasteiger charge is -2.18. The Balaban J connectivity index is 0.00000361. The third-order valence-corrected chi connectivity index (χ3v) is 3.01. The van der Waals surface area contributed by atoms with Gasteiger partial charge in [-0.05, 0) is 24.5 Å². The Hall–Kier alpha value is -1.46. The second-order valence-corrected chi connectivity index (χ2v) is 4.78. The molecule has 0 saturated heterocycles. The van der Waals surface area contributed by atoms with Crippen molar-refractivity contribution in [1.29, 1.82) is 0 Å². The van der Waals surface area contributed by atoms with Crippen molar-refractivity contribution in [2.45, 2.75) is 26.8 Å². The third kappa shape index (κ3) is 4.28. The van der Waals surface area contributed by atoms with E-state index in [9.17, 15) is 4.79 Å². The van der Waals surface area contributed by atoms with Gasteiger partial charge in [0.2, 0.25) is 5.91 Å². The van der Waals surface area contributed by atoms with Gasteiger partial charge in [-0.15, -0.1) is 12.4 Å². The van der Waals surface area contributed by atoms with E-state index >= 15 is 0 Å². The van der Waals surface area contributed by atoms with Gasteiger partial charge in [-0.25, -0.2) is 0 Å². The summed E-state index contributed by atoms with van der Waals surface area (Å²) in [7, 11) is 3.13. The molecule has 0 aliphatic rings. The number of carbonyl (C=O) groups excluding carboxylic acids is 1.